The van der Waals surface area contributed by atoms with Crippen LogP contribution in [0.4, 0.5) is 0 Å². The molecule has 1 amide bonds. The first-order chi connectivity index (χ1) is 14.3. The number of benzene rings is 2. The van der Waals surface area contributed by atoms with Gasteiger partial charge in [0.25, 0.3) is 0 Å². The number of rotatable bonds is 4. The van der Waals surface area contributed by atoms with E-state index in [1.54, 1.807) is 0 Å². The van der Waals surface area contributed by atoms with Gasteiger partial charge in [0.05, 0.1) is 6.04 Å². The highest BCUT2D eigenvalue weighted by atomic mass is 35.5. The number of nitrogens with zero attached hydrogens (tertiary/aromatic N) is 1. The monoisotopic (exact) mass is 426 g/mol. The van der Waals surface area contributed by atoms with E-state index in [1.165, 1.54) is 11.1 Å². The van der Waals surface area contributed by atoms with Crippen molar-refractivity contribution >= 4 is 17.5 Å². The van der Waals surface area contributed by atoms with E-state index in [1.807, 2.05) is 24.3 Å². The number of hydrogen-bond acceptors (Lipinski definition) is 3. The maximum Gasteiger partial charge on any atom is 0.223 e. The van der Waals surface area contributed by atoms with Crippen LogP contribution in [0.3, 0.4) is 0 Å². The van der Waals surface area contributed by atoms with Gasteiger partial charge in [-0.1, -0.05) is 41.4 Å². The second-order valence-corrected chi connectivity index (χ2v) is 9.79. The van der Waals surface area contributed by atoms with E-state index in [0.717, 1.165) is 55.2 Å². The first-order valence-corrected chi connectivity index (χ1v) is 11.2. The highest BCUT2D eigenvalue weighted by molar-refractivity contribution is 6.30. The number of amides is 1. The molecule has 2 aliphatic rings. The third-order valence-corrected chi connectivity index (χ3v) is 6.43. The fourth-order valence-corrected chi connectivity index (χ4v) is 4.85. The molecule has 1 atom stereocenters. The lowest BCUT2D eigenvalue weighted by molar-refractivity contribution is -0.127. The largest absolute Gasteiger partial charge is 0.487 e. The van der Waals surface area contributed by atoms with Gasteiger partial charge in [0.15, 0.2) is 0 Å². The lowest BCUT2D eigenvalue weighted by Gasteiger charge is -2.39. The average Bonchev–Trinajstić information content (AvgIpc) is 2.68. The zero-order valence-electron chi connectivity index (χ0n) is 18.1. The van der Waals surface area contributed by atoms with E-state index in [0.29, 0.717) is 0 Å². The fourth-order valence-electron chi connectivity index (χ4n) is 4.64. The third kappa shape index (κ3) is 4.98. The Balaban J connectivity index is 1.36. The molecule has 2 aromatic carbocycles. The highest BCUT2D eigenvalue weighted by Gasteiger charge is 2.36. The minimum absolute atomic E-state index is 0.000593. The predicted molar refractivity (Wildman–Crippen MR) is 121 cm³/mol. The van der Waals surface area contributed by atoms with E-state index in [-0.39, 0.29) is 23.5 Å². The second kappa shape index (κ2) is 8.60. The molecule has 2 heterocycles. The van der Waals surface area contributed by atoms with Crippen molar-refractivity contribution < 1.29 is 9.53 Å². The van der Waals surface area contributed by atoms with Crippen LogP contribution in [0, 0.1) is 12.8 Å². The quantitative estimate of drug-likeness (QED) is 0.723. The molecule has 0 radical (unpaired) electrons. The smallest absolute Gasteiger partial charge is 0.223 e. The number of piperidine rings is 1. The molecule has 160 valence electrons. The summed E-state index contributed by atoms with van der Waals surface area (Å²) in [5.74, 6) is 1.13. The minimum Gasteiger partial charge on any atom is -0.487 e. The average molecular weight is 427 g/mol. The maximum absolute atomic E-state index is 13.1. The summed E-state index contributed by atoms with van der Waals surface area (Å²) in [7, 11) is 0. The lowest BCUT2D eigenvalue weighted by Crippen LogP contribution is -2.45. The Morgan fingerprint density at radius 1 is 1.20 bits per heavy atom. The zero-order chi connectivity index (χ0) is 21.3. The Morgan fingerprint density at radius 3 is 2.70 bits per heavy atom. The molecule has 1 fully saturated rings. The van der Waals surface area contributed by atoms with Gasteiger partial charge < -0.3 is 10.1 Å². The molecule has 4 rings (SSSR count). The molecule has 1 N–H and O–H groups in total. The van der Waals surface area contributed by atoms with Crippen LogP contribution in [0.25, 0.3) is 0 Å². The Labute approximate surface area is 184 Å². The number of fused-ring (bicyclic) bond motifs is 1. The van der Waals surface area contributed by atoms with Gasteiger partial charge in [-0.05, 0) is 70.5 Å². The molecule has 0 aliphatic carbocycles. The standard InChI is InChI=1S/C25H31ClN2O2/c1-17-7-8-23-21(13-17)22(15-25(2,3)30-23)27-24(29)19-9-11-28(12-10-19)16-18-5-4-6-20(26)14-18/h4-8,13-14,19,22H,9-12,15-16H2,1-3H3,(H,27,29)/t22-/m0/s1. The van der Waals surface area contributed by atoms with Gasteiger partial charge in [-0.2, -0.15) is 0 Å². The van der Waals surface area contributed by atoms with Crippen molar-refractivity contribution in [2.24, 2.45) is 5.92 Å². The molecule has 2 aliphatic heterocycles. The van der Waals surface area contributed by atoms with Crippen LogP contribution in [-0.4, -0.2) is 29.5 Å². The van der Waals surface area contributed by atoms with Crippen molar-refractivity contribution in [1.29, 1.82) is 0 Å². The molecule has 2 aromatic rings. The van der Waals surface area contributed by atoms with Gasteiger partial charge in [0.2, 0.25) is 5.91 Å². The molecule has 0 bridgehead atoms. The summed E-state index contributed by atoms with van der Waals surface area (Å²) >= 11 is 6.11. The molecule has 0 saturated carbocycles. The van der Waals surface area contributed by atoms with Crippen molar-refractivity contribution in [3.63, 3.8) is 0 Å². The first-order valence-electron chi connectivity index (χ1n) is 10.9. The summed E-state index contributed by atoms with van der Waals surface area (Å²) in [6.07, 6.45) is 2.56. The van der Waals surface area contributed by atoms with Crippen molar-refractivity contribution in [2.45, 2.75) is 58.2 Å². The summed E-state index contributed by atoms with van der Waals surface area (Å²) in [6.45, 7) is 9.00. The molecule has 4 nitrogen and oxygen atoms in total. The van der Waals surface area contributed by atoms with Crippen LogP contribution in [0.5, 0.6) is 5.75 Å². The molecule has 1 saturated heterocycles. The molecule has 5 heteroatoms. The highest BCUT2D eigenvalue weighted by Crippen LogP contribution is 2.40. The molecular formula is C25H31ClN2O2. The molecule has 0 spiro atoms. The number of aryl methyl sites for hydroxylation is 1. The number of halogens is 1. The minimum atomic E-state index is -0.291. The number of carbonyl (C=O) groups excluding carboxylic acids is 1. The Hall–Kier alpha value is -2.04. The van der Waals surface area contributed by atoms with Crippen LogP contribution in [0.15, 0.2) is 42.5 Å². The Kier molecular flexibility index (Phi) is 6.08. The zero-order valence-corrected chi connectivity index (χ0v) is 18.8. The number of ether oxygens (including phenoxy) is 1. The van der Waals surface area contributed by atoms with Crippen LogP contribution < -0.4 is 10.1 Å². The number of carbonyl (C=O) groups is 1. The summed E-state index contributed by atoms with van der Waals surface area (Å²) in [6, 6.07) is 14.3. The van der Waals surface area contributed by atoms with Crippen LogP contribution >= 0.6 is 11.6 Å². The van der Waals surface area contributed by atoms with Crippen molar-refractivity contribution in [1.82, 2.24) is 10.2 Å². The fraction of sp³-hybridized carbons (Fsp3) is 0.480. The SMILES string of the molecule is Cc1ccc2c(c1)[C@@H](NC(=O)C1CCN(Cc3cccc(Cl)c3)CC1)CC(C)(C)O2. The second-order valence-electron chi connectivity index (χ2n) is 9.35. The molecule has 0 aromatic heterocycles. The molecule has 0 unspecified atom stereocenters. The van der Waals surface area contributed by atoms with Gasteiger partial charge in [0.1, 0.15) is 11.4 Å². The van der Waals surface area contributed by atoms with E-state index >= 15 is 0 Å². The predicted octanol–water partition coefficient (Wildman–Crippen LogP) is 5.28. The van der Waals surface area contributed by atoms with Crippen LogP contribution in [-0.2, 0) is 11.3 Å². The van der Waals surface area contributed by atoms with Crippen LogP contribution in [0.2, 0.25) is 5.02 Å². The summed E-state index contributed by atoms with van der Waals surface area (Å²) in [5, 5.41) is 4.12. The van der Waals surface area contributed by atoms with Crippen molar-refractivity contribution in [3.05, 3.63) is 64.2 Å². The van der Waals surface area contributed by atoms with E-state index < -0.39 is 0 Å². The summed E-state index contributed by atoms with van der Waals surface area (Å²) < 4.78 is 6.14. The van der Waals surface area contributed by atoms with E-state index in [9.17, 15) is 4.79 Å². The van der Waals surface area contributed by atoms with Gasteiger partial charge in [-0.3, -0.25) is 9.69 Å². The molecular weight excluding hydrogens is 396 g/mol. The Morgan fingerprint density at radius 2 is 1.97 bits per heavy atom. The number of nitrogens with one attached hydrogen (secondary N) is 1. The van der Waals surface area contributed by atoms with Gasteiger partial charge in [0, 0.05) is 29.5 Å². The number of likely N-dealkylation sites (tertiary alicyclic amines) is 1. The maximum atomic E-state index is 13.1. The summed E-state index contributed by atoms with van der Waals surface area (Å²) in [4.78, 5) is 15.5. The van der Waals surface area contributed by atoms with Gasteiger partial charge >= 0.3 is 0 Å². The van der Waals surface area contributed by atoms with Crippen LogP contribution in [0.1, 0.15) is 55.8 Å². The van der Waals surface area contributed by atoms with Crippen molar-refractivity contribution in [3.8, 4) is 5.75 Å². The third-order valence-electron chi connectivity index (χ3n) is 6.19. The van der Waals surface area contributed by atoms with Gasteiger partial charge in [-0.15, -0.1) is 0 Å². The van der Waals surface area contributed by atoms with E-state index in [4.69, 9.17) is 16.3 Å². The Bertz CT molecular complexity index is 919. The van der Waals surface area contributed by atoms with Crippen molar-refractivity contribution in [2.75, 3.05) is 13.1 Å². The first kappa shape index (κ1) is 21.2. The normalized spacial score (nSPS) is 21.5. The molecule has 30 heavy (non-hydrogen) atoms. The van der Waals surface area contributed by atoms with Gasteiger partial charge in [-0.25, -0.2) is 0 Å². The summed E-state index contributed by atoms with van der Waals surface area (Å²) in [5.41, 5.74) is 3.22. The van der Waals surface area contributed by atoms with E-state index in [2.05, 4.69) is 49.2 Å². The lowest BCUT2D eigenvalue weighted by atomic mass is 9.88. The number of hydrogen-bond donors (Lipinski definition) is 1. The topological polar surface area (TPSA) is 41.6 Å².